The summed E-state index contributed by atoms with van der Waals surface area (Å²) in [6.45, 7) is 2.57. The predicted octanol–water partition coefficient (Wildman–Crippen LogP) is 3.91. The van der Waals surface area contributed by atoms with Crippen molar-refractivity contribution < 1.29 is 0 Å². The van der Waals surface area contributed by atoms with E-state index >= 15 is 0 Å². The molecule has 0 amide bonds. The monoisotopic (exact) mass is 415 g/mol. The highest BCUT2D eigenvalue weighted by molar-refractivity contribution is 6.42. The summed E-state index contributed by atoms with van der Waals surface area (Å²) in [5.74, 6) is 0.701. The smallest absolute Gasteiger partial charge is 0.251 e. The molecule has 3 aromatic rings. The van der Waals surface area contributed by atoms with Crippen LogP contribution in [0.4, 0.5) is 0 Å². The number of rotatable bonds is 4. The molecule has 0 radical (unpaired) electrons. The molecular weight excluding hydrogens is 397 g/mol. The number of nitrogens with zero attached hydrogens (tertiary/aromatic N) is 4. The summed E-state index contributed by atoms with van der Waals surface area (Å²) in [5, 5.41) is 1.20. The molecule has 28 heavy (non-hydrogen) atoms. The Balaban J connectivity index is 1.46. The lowest BCUT2D eigenvalue weighted by Gasteiger charge is -2.32. The van der Waals surface area contributed by atoms with E-state index in [1.54, 1.807) is 30.7 Å². The summed E-state index contributed by atoms with van der Waals surface area (Å²) in [7, 11) is 0. The summed E-state index contributed by atoms with van der Waals surface area (Å²) in [4.78, 5) is 30.1. The standard InChI is InChI=1S/C20H19Cl2N5O/c21-15-3-1-2-14(19(15)22)12-27-8-4-13(5-9-27)16-10-18(28)26-20(25-16)17-11-23-6-7-24-17/h1-3,6-7,10-11,13H,4-5,8-9,12H2,(H,25,26,28). The first kappa shape index (κ1) is 19.1. The van der Waals surface area contributed by atoms with Crippen LogP contribution in [0, 0.1) is 0 Å². The van der Waals surface area contributed by atoms with Gasteiger partial charge in [-0.25, -0.2) is 9.97 Å². The Morgan fingerprint density at radius 3 is 2.75 bits per heavy atom. The van der Waals surface area contributed by atoms with Gasteiger partial charge in [0, 0.05) is 30.9 Å². The van der Waals surface area contributed by atoms with Gasteiger partial charge in [0.05, 0.1) is 21.9 Å². The lowest BCUT2D eigenvalue weighted by atomic mass is 9.93. The SMILES string of the molecule is O=c1cc(C2CCN(Cc3cccc(Cl)c3Cl)CC2)nc(-c2cnccn2)[nH]1. The number of aromatic nitrogens is 4. The van der Waals surface area contributed by atoms with Crippen LogP contribution < -0.4 is 5.56 Å². The second-order valence-corrected chi connectivity index (χ2v) is 7.66. The summed E-state index contributed by atoms with van der Waals surface area (Å²) in [6, 6.07) is 7.32. The lowest BCUT2D eigenvalue weighted by molar-refractivity contribution is 0.203. The Hall–Kier alpha value is -2.28. The summed E-state index contributed by atoms with van der Waals surface area (Å²) >= 11 is 12.4. The van der Waals surface area contributed by atoms with E-state index in [-0.39, 0.29) is 11.5 Å². The van der Waals surface area contributed by atoms with Crippen LogP contribution in [0.1, 0.15) is 30.0 Å². The van der Waals surface area contributed by atoms with Gasteiger partial charge in [0.1, 0.15) is 5.69 Å². The van der Waals surface area contributed by atoms with Crippen molar-refractivity contribution in [3.63, 3.8) is 0 Å². The molecule has 0 saturated carbocycles. The zero-order valence-corrected chi connectivity index (χ0v) is 16.6. The van der Waals surface area contributed by atoms with Crippen LogP contribution in [-0.4, -0.2) is 37.9 Å². The maximum atomic E-state index is 12.1. The first-order chi connectivity index (χ1) is 13.6. The molecular formula is C20H19Cl2N5O. The molecule has 1 aliphatic heterocycles. The third-order valence-corrected chi connectivity index (χ3v) is 5.86. The Kier molecular flexibility index (Phi) is 5.71. The second-order valence-electron chi connectivity index (χ2n) is 6.87. The quantitative estimate of drug-likeness (QED) is 0.698. The molecule has 0 bridgehead atoms. The normalized spacial score (nSPS) is 15.6. The average Bonchev–Trinajstić information content (AvgIpc) is 2.72. The highest BCUT2D eigenvalue weighted by Crippen LogP contribution is 2.30. The van der Waals surface area contributed by atoms with E-state index in [1.165, 1.54) is 0 Å². The maximum absolute atomic E-state index is 12.1. The number of halogens is 2. The van der Waals surface area contributed by atoms with E-state index in [0.717, 1.165) is 43.7 Å². The van der Waals surface area contributed by atoms with Crippen LogP contribution >= 0.6 is 23.2 Å². The number of likely N-dealkylation sites (tertiary alicyclic amines) is 1. The van der Waals surface area contributed by atoms with E-state index < -0.39 is 0 Å². The third-order valence-electron chi connectivity index (χ3n) is 5.00. The first-order valence-electron chi connectivity index (χ1n) is 9.13. The molecule has 1 N–H and O–H groups in total. The van der Waals surface area contributed by atoms with Gasteiger partial charge >= 0.3 is 0 Å². The van der Waals surface area contributed by atoms with Crippen LogP contribution in [0.5, 0.6) is 0 Å². The molecule has 0 aliphatic carbocycles. The molecule has 1 saturated heterocycles. The van der Waals surface area contributed by atoms with Gasteiger partial charge in [0.15, 0.2) is 5.82 Å². The van der Waals surface area contributed by atoms with Crippen LogP contribution in [0.15, 0.2) is 47.7 Å². The Morgan fingerprint density at radius 1 is 1.18 bits per heavy atom. The summed E-state index contributed by atoms with van der Waals surface area (Å²) in [6.07, 6.45) is 6.62. The van der Waals surface area contributed by atoms with Crippen LogP contribution in [0.25, 0.3) is 11.5 Å². The second kappa shape index (κ2) is 8.39. The van der Waals surface area contributed by atoms with Crippen LogP contribution in [-0.2, 0) is 6.54 Å². The minimum absolute atomic E-state index is 0.168. The highest BCUT2D eigenvalue weighted by atomic mass is 35.5. The fraction of sp³-hybridized carbons (Fsp3) is 0.300. The van der Waals surface area contributed by atoms with Gasteiger partial charge in [0.2, 0.25) is 0 Å². The molecule has 6 nitrogen and oxygen atoms in total. The van der Waals surface area contributed by atoms with Crippen LogP contribution in [0.3, 0.4) is 0 Å². The van der Waals surface area contributed by atoms with E-state index in [2.05, 4.69) is 24.8 Å². The van der Waals surface area contributed by atoms with Gasteiger partial charge < -0.3 is 4.98 Å². The van der Waals surface area contributed by atoms with Crippen molar-refractivity contribution in [1.29, 1.82) is 0 Å². The number of piperidine rings is 1. The Morgan fingerprint density at radius 2 is 2.00 bits per heavy atom. The van der Waals surface area contributed by atoms with E-state index in [9.17, 15) is 4.79 Å². The number of nitrogens with one attached hydrogen (secondary N) is 1. The number of benzene rings is 1. The van der Waals surface area contributed by atoms with E-state index in [1.807, 2.05) is 12.1 Å². The molecule has 2 aromatic heterocycles. The number of hydrogen-bond acceptors (Lipinski definition) is 5. The van der Waals surface area contributed by atoms with Crippen LogP contribution in [0.2, 0.25) is 10.0 Å². The molecule has 4 rings (SSSR count). The van der Waals surface area contributed by atoms with Crippen molar-refractivity contribution in [2.24, 2.45) is 0 Å². The molecule has 1 aromatic carbocycles. The molecule has 0 atom stereocenters. The molecule has 1 fully saturated rings. The minimum atomic E-state index is -0.168. The average molecular weight is 416 g/mol. The van der Waals surface area contributed by atoms with Crippen molar-refractivity contribution in [1.82, 2.24) is 24.8 Å². The van der Waals surface area contributed by atoms with Gasteiger partial charge in [-0.05, 0) is 37.6 Å². The van der Waals surface area contributed by atoms with E-state index in [0.29, 0.717) is 21.6 Å². The van der Waals surface area contributed by atoms with Gasteiger partial charge in [0.25, 0.3) is 5.56 Å². The number of hydrogen-bond donors (Lipinski definition) is 1. The van der Waals surface area contributed by atoms with Crippen molar-refractivity contribution in [3.05, 3.63) is 74.5 Å². The van der Waals surface area contributed by atoms with Crippen molar-refractivity contribution in [2.45, 2.75) is 25.3 Å². The zero-order valence-electron chi connectivity index (χ0n) is 15.1. The fourth-order valence-corrected chi connectivity index (χ4v) is 3.91. The molecule has 0 unspecified atom stereocenters. The van der Waals surface area contributed by atoms with Gasteiger partial charge in [-0.1, -0.05) is 35.3 Å². The number of aromatic amines is 1. The molecule has 3 heterocycles. The lowest BCUT2D eigenvalue weighted by Crippen LogP contribution is -2.33. The molecule has 8 heteroatoms. The van der Waals surface area contributed by atoms with Crippen molar-refractivity contribution in [2.75, 3.05) is 13.1 Å². The van der Waals surface area contributed by atoms with Crippen molar-refractivity contribution in [3.8, 4) is 11.5 Å². The maximum Gasteiger partial charge on any atom is 0.251 e. The highest BCUT2D eigenvalue weighted by Gasteiger charge is 2.23. The molecule has 0 spiro atoms. The summed E-state index contributed by atoms with van der Waals surface area (Å²) in [5.41, 5.74) is 2.24. The minimum Gasteiger partial charge on any atom is -0.305 e. The van der Waals surface area contributed by atoms with Gasteiger partial charge in [-0.3, -0.25) is 14.7 Å². The van der Waals surface area contributed by atoms with E-state index in [4.69, 9.17) is 23.2 Å². The third kappa shape index (κ3) is 4.24. The van der Waals surface area contributed by atoms with Gasteiger partial charge in [-0.15, -0.1) is 0 Å². The Bertz CT molecular complexity index is 1020. The predicted molar refractivity (Wildman–Crippen MR) is 110 cm³/mol. The van der Waals surface area contributed by atoms with Crippen molar-refractivity contribution >= 4 is 23.2 Å². The molecule has 1 aliphatic rings. The number of H-pyrrole nitrogens is 1. The first-order valence-corrected chi connectivity index (χ1v) is 9.88. The zero-order chi connectivity index (χ0) is 19.5. The Labute approximate surface area is 172 Å². The summed E-state index contributed by atoms with van der Waals surface area (Å²) < 4.78 is 0. The van der Waals surface area contributed by atoms with Gasteiger partial charge in [-0.2, -0.15) is 0 Å². The fourth-order valence-electron chi connectivity index (χ4n) is 3.53. The topological polar surface area (TPSA) is 74.8 Å². The largest absolute Gasteiger partial charge is 0.305 e. The molecule has 144 valence electrons.